The third-order valence-electron chi connectivity index (χ3n) is 5.11. The SMILES string of the molecule is Cc1cccc(N2CCN(CCCNC(=O)c3nc(-c4cncnc4)no3)CC2)c1. The van der Waals surface area contributed by atoms with Gasteiger partial charge in [0.2, 0.25) is 5.82 Å². The van der Waals surface area contributed by atoms with Crippen molar-refractivity contribution in [2.24, 2.45) is 0 Å². The Morgan fingerprint density at radius 1 is 1.17 bits per heavy atom. The van der Waals surface area contributed by atoms with Crippen LogP contribution < -0.4 is 10.2 Å². The Morgan fingerprint density at radius 3 is 2.73 bits per heavy atom. The van der Waals surface area contributed by atoms with E-state index >= 15 is 0 Å². The molecule has 4 rings (SSSR count). The fourth-order valence-corrected chi connectivity index (χ4v) is 3.48. The maximum atomic E-state index is 12.2. The number of aromatic nitrogens is 4. The Labute approximate surface area is 175 Å². The molecular formula is C21H25N7O2. The first-order valence-corrected chi connectivity index (χ1v) is 10.1. The summed E-state index contributed by atoms with van der Waals surface area (Å²) in [5.74, 6) is -0.122. The molecule has 9 nitrogen and oxygen atoms in total. The first-order chi connectivity index (χ1) is 14.7. The number of nitrogens with one attached hydrogen (secondary N) is 1. The molecule has 1 aliphatic heterocycles. The summed E-state index contributed by atoms with van der Waals surface area (Å²) >= 11 is 0. The standard InChI is InChI=1S/C21H25N7O2/c1-16-4-2-5-18(12-16)28-10-8-27(9-11-28)7-3-6-24-20(29)21-25-19(26-30-21)17-13-22-15-23-14-17/h2,4-5,12-15H,3,6-11H2,1H3,(H,24,29). The van der Waals surface area contributed by atoms with E-state index in [2.05, 4.69) is 66.4 Å². The number of aryl methyl sites for hydroxylation is 1. The number of piperazine rings is 1. The minimum atomic E-state index is -0.366. The van der Waals surface area contributed by atoms with E-state index in [1.807, 2.05) is 0 Å². The van der Waals surface area contributed by atoms with Crippen molar-refractivity contribution in [2.45, 2.75) is 13.3 Å². The summed E-state index contributed by atoms with van der Waals surface area (Å²) in [6.45, 7) is 7.70. The van der Waals surface area contributed by atoms with E-state index in [0.717, 1.165) is 39.1 Å². The molecular weight excluding hydrogens is 382 g/mol. The number of benzene rings is 1. The van der Waals surface area contributed by atoms with Crippen molar-refractivity contribution < 1.29 is 9.32 Å². The highest BCUT2D eigenvalue weighted by atomic mass is 16.5. The van der Waals surface area contributed by atoms with E-state index in [1.54, 1.807) is 12.4 Å². The van der Waals surface area contributed by atoms with E-state index in [1.165, 1.54) is 17.6 Å². The molecule has 3 aromatic rings. The lowest BCUT2D eigenvalue weighted by Gasteiger charge is -2.36. The maximum Gasteiger partial charge on any atom is 0.316 e. The summed E-state index contributed by atoms with van der Waals surface area (Å²) in [5.41, 5.74) is 3.18. The van der Waals surface area contributed by atoms with Crippen molar-refractivity contribution in [3.05, 3.63) is 54.4 Å². The van der Waals surface area contributed by atoms with Gasteiger partial charge in [-0.2, -0.15) is 4.98 Å². The minimum Gasteiger partial charge on any atom is -0.369 e. The van der Waals surface area contributed by atoms with Gasteiger partial charge in [-0.15, -0.1) is 0 Å². The molecule has 0 aliphatic carbocycles. The van der Waals surface area contributed by atoms with Gasteiger partial charge in [-0.25, -0.2) is 9.97 Å². The number of hydrogen-bond donors (Lipinski definition) is 1. The molecule has 0 saturated carbocycles. The van der Waals surface area contributed by atoms with Crippen molar-refractivity contribution in [1.82, 2.24) is 30.3 Å². The van der Waals surface area contributed by atoms with Crippen LogP contribution in [0.4, 0.5) is 5.69 Å². The quantitative estimate of drug-likeness (QED) is 0.592. The van der Waals surface area contributed by atoms with E-state index in [4.69, 9.17) is 4.52 Å². The maximum absolute atomic E-state index is 12.2. The predicted molar refractivity (Wildman–Crippen MR) is 112 cm³/mol. The summed E-state index contributed by atoms with van der Waals surface area (Å²) < 4.78 is 5.05. The van der Waals surface area contributed by atoms with Gasteiger partial charge in [-0.3, -0.25) is 9.69 Å². The van der Waals surface area contributed by atoms with Gasteiger partial charge in [0.25, 0.3) is 0 Å². The molecule has 9 heteroatoms. The number of amides is 1. The van der Waals surface area contributed by atoms with Crippen LogP contribution >= 0.6 is 0 Å². The van der Waals surface area contributed by atoms with Crippen LogP contribution in [0.3, 0.4) is 0 Å². The molecule has 0 radical (unpaired) electrons. The lowest BCUT2D eigenvalue weighted by Crippen LogP contribution is -2.47. The van der Waals surface area contributed by atoms with Gasteiger partial charge in [-0.05, 0) is 37.6 Å². The number of hydrogen-bond acceptors (Lipinski definition) is 8. The third kappa shape index (κ3) is 4.98. The largest absolute Gasteiger partial charge is 0.369 e. The average molecular weight is 407 g/mol. The predicted octanol–water partition coefficient (Wildman–Crippen LogP) is 1.78. The van der Waals surface area contributed by atoms with Crippen molar-refractivity contribution in [3.8, 4) is 11.4 Å². The van der Waals surface area contributed by atoms with Crippen molar-refractivity contribution >= 4 is 11.6 Å². The smallest absolute Gasteiger partial charge is 0.316 e. The van der Waals surface area contributed by atoms with Crippen LogP contribution in [0.1, 0.15) is 22.7 Å². The fraction of sp³-hybridized carbons (Fsp3) is 0.381. The zero-order valence-corrected chi connectivity index (χ0v) is 17.0. The van der Waals surface area contributed by atoms with Gasteiger partial charge in [0.1, 0.15) is 6.33 Å². The molecule has 0 unspecified atom stereocenters. The first kappa shape index (κ1) is 20.0. The second-order valence-electron chi connectivity index (χ2n) is 7.33. The molecule has 1 amide bonds. The molecule has 156 valence electrons. The van der Waals surface area contributed by atoms with Gasteiger partial charge in [0, 0.05) is 50.8 Å². The van der Waals surface area contributed by atoms with Gasteiger partial charge >= 0.3 is 11.8 Å². The molecule has 0 bridgehead atoms. The van der Waals surface area contributed by atoms with E-state index < -0.39 is 0 Å². The Morgan fingerprint density at radius 2 is 1.97 bits per heavy atom. The number of anilines is 1. The zero-order chi connectivity index (χ0) is 20.8. The molecule has 1 aliphatic rings. The molecule has 1 aromatic carbocycles. The fourth-order valence-electron chi connectivity index (χ4n) is 3.48. The molecule has 0 spiro atoms. The number of carbonyl (C=O) groups excluding carboxylic acids is 1. The van der Waals surface area contributed by atoms with Gasteiger partial charge in [0.05, 0.1) is 5.56 Å². The Balaban J connectivity index is 1.17. The molecule has 1 N–H and O–H groups in total. The normalized spacial score (nSPS) is 14.6. The van der Waals surface area contributed by atoms with Crippen LogP contribution in [-0.2, 0) is 0 Å². The Hall–Kier alpha value is -3.33. The van der Waals surface area contributed by atoms with Crippen molar-refractivity contribution in [3.63, 3.8) is 0 Å². The summed E-state index contributed by atoms with van der Waals surface area (Å²) in [7, 11) is 0. The highest BCUT2D eigenvalue weighted by Gasteiger charge is 2.18. The summed E-state index contributed by atoms with van der Waals surface area (Å²) in [6.07, 6.45) is 5.42. The van der Waals surface area contributed by atoms with E-state index in [-0.39, 0.29) is 11.8 Å². The Bertz CT molecular complexity index is 968. The monoisotopic (exact) mass is 407 g/mol. The molecule has 1 fully saturated rings. The summed E-state index contributed by atoms with van der Waals surface area (Å²) in [5, 5.41) is 6.65. The third-order valence-corrected chi connectivity index (χ3v) is 5.11. The molecule has 2 aromatic heterocycles. The van der Waals surface area contributed by atoms with E-state index in [0.29, 0.717) is 17.9 Å². The number of nitrogens with zero attached hydrogens (tertiary/aromatic N) is 6. The molecule has 3 heterocycles. The van der Waals surface area contributed by atoms with Crippen LogP contribution in [0.2, 0.25) is 0 Å². The lowest BCUT2D eigenvalue weighted by molar-refractivity contribution is 0.0907. The highest BCUT2D eigenvalue weighted by molar-refractivity contribution is 5.89. The van der Waals surface area contributed by atoms with Crippen molar-refractivity contribution in [2.75, 3.05) is 44.2 Å². The second kappa shape index (κ2) is 9.45. The topological polar surface area (TPSA) is 100 Å². The van der Waals surface area contributed by atoms with Crippen LogP contribution in [0.15, 0.2) is 47.5 Å². The lowest BCUT2D eigenvalue weighted by atomic mass is 10.2. The average Bonchev–Trinajstić information content (AvgIpc) is 3.28. The second-order valence-corrected chi connectivity index (χ2v) is 7.33. The summed E-state index contributed by atoms with van der Waals surface area (Å²) in [4.78, 5) is 29.0. The highest BCUT2D eigenvalue weighted by Crippen LogP contribution is 2.18. The number of carbonyl (C=O) groups is 1. The minimum absolute atomic E-state index is 0.0550. The van der Waals surface area contributed by atoms with Gasteiger partial charge in [-0.1, -0.05) is 17.3 Å². The molecule has 1 saturated heterocycles. The van der Waals surface area contributed by atoms with Crippen molar-refractivity contribution in [1.29, 1.82) is 0 Å². The molecule has 0 atom stereocenters. The van der Waals surface area contributed by atoms with Crippen LogP contribution in [0.25, 0.3) is 11.4 Å². The first-order valence-electron chi connectivity index (χ1n) is 10.1. The van der Waals surface area contributed by atoms with Crippen LogP contribution in [0, 0.1) is 6.92 Å². The van der Waals surface area contributed by atoms with Crippen LogP contribution in [0.5, 0.6) is 0 Å². The Kier molecular flexibility index (Phi) is 6.29. The summed E-state index contributed by atoms with van der Waals surface area (Å²) in [6, 6.07) is 8.64. The van der Waals surface area contributed by atoms with E-state index in [9.17, 15) is 4.79 Å². The van der Waals surface area contributed by atoms with Crippen LogP contribution in [-0.4, -0.2) is 70.2 Å². The molecule has 30 heavy (non-hydrogen) atoms. The van der Waals surface area contributed by atoms with Gasteiger partial charge in [0.15, 0.2) is 0 Å². The number of rotatable bonds is 7. The zero-order valence-electron chi connectivity index (χ0n) is 17.0. The van der Waals surface area contributed by atoms with Gasteiger partial charge < -0.3 is 14.7 Å².